The Morgan fingerprint density at radius 2 is 0.880 bits per heavy atom. The van der Waals surface area contributed by atoms with Crippen LogP contribution in [0, 0.1) is 5.82 Å². The number of nitrogens with two attached hydrogens (primary N) is 1. The van der Waals surface area contributed by atoms with Gasteiger partial charge in [0.05, 0.1) is 132 Å². The third kappa shape index (κ3) is 21.0. The summed E-state index contributed by atoms with van der Waals surface area (Å²) in [5.74, 6) is -2.89. The van der Waals surface area contributed by atoms with Gasteiger partial charge in [0, 0.05) is 129 Å². The Bertz CT molecular complexity index is 5160. The number of halogens is 1. The van der Waals surface area contributed by atoms with Crippen LogP contribution in [-0.2, 0) is 81.3 Å². The van der Waals surface area contributed by atoms with Crippen LogP contribution >= 0.6 is 0 Å². The first kappa shape index (κ1) is 87.3. The molecule has 2 saturated heterocycles. The molecule has 8 heterocycles. The van der Waals surface area contributed by atoms with Crippen molar-refractivity contribution in [1.29, 1.82) is 0 Å². The molecule has 2 atom stereocenters. The van der Waals surface area contributed by atoms with Gasteiger partial charge in [0.25, 0.3) is 34.7 Å². The number of imide groups is 4. The standard InChI is InChI=1S/C42H48N6O10.C28H39N5O6.C13H9FN2O4/c1-45(23-33-35(55-4)20-27(21-36(33)56-5)32-24-47(3)40(52)31-22-43-13-12-28(31)32)25-38(50)46(2)14-16-58-18-17-57-15-6-7-26-8-9-29-30(19-26)42(54)48(41(29)53)34-10-11-37(49)44-39(34)51;1-31(19-27(34)32(2)9-11-39-13-12-38-10-7-29)17-24-25(36-4)14-20(15-26(24)37-5)23-18-33(3)28(35)22-16-30-8-6-21(22)23;14-6-1-2-7-8(5-6)13(20)16(12(7)19)9-3-4-10(17)15-11(9)18/h8-9,12-13,19-22,24,34H,6-7,10-11,14-18,23,25H2,1-5H3,(H,44,49,51);6,8,14-16,18H,7,9-13,17,19,29H2,1-5H3;1-2,5,9H,3-4H2,(H,15,17,18). The van der Waals surface area contributed by atoms with Gasteiger partial charge in [-0.25, -0.2) is 4.39 Å². The molecule has 4 aromatic heterocycles. The second kappa shape index (κ2) is 40.5. The number of hydrogen-bond donors (Lipinski definition) is 3. The minimum Gasteiger partial charge on any atom is -0.496 e. The Balaban J connectivity index is 0.000000209. The summed E-state index contributed by atoms with van der Waals surface area (Å²) >= 11 is 0. The van der Waals surface area contributed by atoms with Crippen LogP contribution in [0.3, 0.4) is 0 Å². The Labute approximate surface area is 673 Å². The largest absolute Gasteiger partial charge is 0.496 e. The normalized spacial score (nSPS) is 15.1. The van der Waals surface area contributed by atoms with Crippen molar-refractivity contribution in [3.05, 3.63) is 175 Å². The topological polar surface area (TPSA) is 384 Å². The molecule has 4 aliphatic rings. The van der Waals surface area contributed by atoms with Crippen molar-refractivity contribution in [3.63, 3.8) is 0 Å². The van der Waals surface area contributed by atoms with Crippen molar-refractivity contribution < 1.29 is 90.2 Å². The van der Waals surface area contributed by atoms with Crippen molar-refractivity contribution in [2.75, 3.05) is 142 Å². The molecule has 10 amide bonds. The number of carbonyl (C=O) groups is 10. The van der Waals surface area contributed by atoms with E-state index in [1.807, 2.05) is 60.3 Å². The maximum absolute atomic E-state index is 13.2. The fourth-order valence-electron chi connectivity index (χ4n) is 13.9. The minimum atomic E-state index is -1.02. The number of fused-ring (bicyclic) bond motifs is 4. The van der Waals surface area contributed by atoms with E-state index < -0.39 is 65.2 Å². The van der Waals surface area contributed by atoms with Crippen LogP contribution in [-0.4, -0.2) is 262 Å². The van der Waals surface area contributed by atoms with Crippen molar-refractivity contribution in [2.45, 2.75) is 63.7 Å². The van der Waals surface area contributed by atoms with E-state index in [-0.39, 0.29) is 84.0 Å². The van der Waals surface area contributed by atoms with Gasteiger partial charge in [-0.1, -0.05) is 6.07 Å². The summed E-state index contributed by atoms with van der Waals surface area (Å²) in [4.78, 5) is 165. The molecule has 2 unspecified atom stereocenters. The molecule has 12 rings (SSSR count). The maximum Gasteiger partial charge on any atom is 0.262 e. The molecule has 0 aliphatic carbocycles. The second-order valence-corrected chi connectivity index (χ2v) is 28.3. The number of likely N-dealkylation sites (N-methyl/N-ethyl adjacent to an activating group) is 4. The first-order valence-corrected chi connectivity index (χ1v) is 37.8. The highest BCUT2D eigenvalue weighted by Gasteiger charge is 2.46. The molecular formula is C83H96FN13O20. The summed E-state index contributed by atoms with van der Waals surface area (Å²) in [5, 5.41) is 6.90. The number of nitrogens with one attached hydrogen (secondary N) is 2. The van der Waals surface area contributed by atoms with Crippen LogP contribution < -0.4 is 46.4 Å². The summed E-state index contributed by atoms with van der Waals surface area (Å²) in [5.41, 5.74) is 11.5. The molecule has 117 heavy (non-hydrogen) atoms. The van der Waals surface area contributed by atoms with E-state index in [1.165, 1.54) is 10.6 Å². The van der Waals surface area contributed by atoms with Crippen LogP contribution in [0.15, 0.2) is 120 Å². The molecule has 4 aliphatic heterocycles. The number of benzene rings is 4. The summed E-state index contributed by atoms with van der Waals surface area (Å²) in [7, 11) is 17.0. The SMILES string of the molecule is COc1cc(-c2cn(C)c(=O)c3cnccc23)cc(OC)c1CN(C)CC(=O)N(C)CCOCCOCCCc1ccc2c(c1)C(=O)N(C1CCC(=O)NC1=O)C2=O.COc1cc(-c2cn(C)c(=O)c3cnccc23)cc(OC)c1CN(C)CC(=O)N(C)CCOCCOCCN.O=C1CCC(N2C(=O)c3ccc(F)cc3C2=O)C(=O)N1. The lowest BCUT2D eigenvalue weighted by atomic mass is 9.99. The first-order chi connectivity index (χ1) is 56.2. The highest BCUT2D eigenvalue weighted by Crippen LogP contribution is 2.40. The Morgan fingerprint density at radius 3 is 1.29 bits per heavy atom. The Kier molecular flexibility index (Phi) is 30.2. The molecule has 4 aromatic carbocycles. The molecule has 2 fully saturated rings. The summed E-state index contributed by atoms with van der Waals surface area (Å²) in [6, 6.07) is 17.6. The van der Waals surface area contributed by atoms with Gasteiger partial charge >= 0.3 is 0 Å². The van der Waals surface area contributed by atoms with E-state index in [9.17, 15) is 61.9 Å². The highest BCUT2D eigenvalue weighted by atomic mass is 19.1. The third-order valence-corrected chi connectivity index (χ3v) is 20.1. The van der Waals surface area contributed by atoms with Crippen LogP contribution in [0.5, 0.6) is 23.0 Å². The molecule has 0 saturated carbocycles. The van der Waals surface area contributed by atoms with Crippen LogP contribution in [0.25, 0.3) is 43.8 Å². The van der Waals surface area contributed by atoms with Gasteiger partial charge in [-0.3, -0.25) is 97.7 Å². The summed E-state index contributed by atoms with van der Waals surface area (Å²) in [6.07, 6.45) is 11.7. The van der Waals surface area contributed by atoms with Gasteiger partial charge in [0.15, 0.2) is 0 Å². The van der Waals surface area contributed by atoms with Crippen molar-refractivity contribution in [2.24, 2.45) is 19.8 Å². The second-order valence-electron chi connectivity index (χ2n) is 28.3. The van der Waals surface area contributed by atoms with E-state index >= 15 is 0 Å². The monoisotopic (exact) mass is 1610 g/mol. The Morgan fingerprint density at radius 1 is 0.487 bits per heavy atom. The molecular weight excluding hydrogens is 1520 g/mol. The lowest BCUT2D eigenvalue weighted by Gasteiger charge is -2.27. The molecule has 620 valence electrons. The van der Waals surface area contributed by atoms with Gasteiger partial charge in [0.1, 0.15) is 40.9 Å². The zero-order valence-corrected chi connectivity index (χ0v) is 67.0. The lowest BCUT2D eigenvalue weighted by Crippen LogP contribution is -2.54. The highest BCUT2D eigenvalue weighted by molar-refractivity contribution is 6.24. The number of pyridine rings is 4. The number of methoxy groups -OCH3 is 4. The van der Waals surface area contributed by atoms with E-state index in [4.69, 9.17) is 43.6 Å². The number of aromatic nitrogens is 4. The van der Waals surface area contributed by atoms with Gasteiger partial charge in [-0.05, 0) is 134 Å². The van der Waals surface area contributed by atoms with Crippen LogP contribution in [0.2, 0.25) is 0 Å². The van der Waals surface area contributed by atoms with Crippen molar-refractivity contribution in [1.82, 2.24) is 59.1 Å². The average molecular weight is 1610 g/mol. The smallest absolute Gasteiger partial charge is 0.262 e. The quantitative estimate of drug-likeness (QED) is 0.0374. The lowest BCUT2D eigenvalue weighted by molar-refractivity contribution is -0.137. The maximum atomic E-state index is 13.2. The number of hydrogen-bond acceptors (Lipinski definition) is 25. The van der Waals surface area contributed by atoms with Crippen LogP contribution in [0.4, 0.5) is 4.39 Å². The summed E-state index contributed by atoms with van der Waals surface area (Å²) in [6.45, 7) is 5.94. The summed E-state index contributed by atoms with van der Waals surface area (Å²) < 4.78 is 61.5. The minimum absolute atomic E-state index is 0.0275. The number of nitrogens with zero attached hydrogens (tertiary/aromatic N) is 10. The van der Waals surface area contributed by atoms with Crippen molar-refractivity contribution in [3.8, 4) is 45.3 Å². The molecule has 34 heteroatoms. The molecule has 4 N–H and O–H groups in total. The molecule has 0 spiro atoms. The van der Waals surface area contributed by atoms with Gasteiger partial charge in [0.2, 0.25) is 35.4 Å². The first-order valence-electron chi connectivity index (χ1n) is 37.8. The van der Waals surface area contributed by atoms with Crippen molar-refractivity contribution >= 4 is 80.6 Å². The molecule has 0 radical (unpaired) electrons. The van der Waals surface area contributed by atoms with Gasteiger partial charge in [-0.15, -0.1) is 0 Å². The van der Waals surface area contributed by atoms with E-state index in [0.29, 0.717) is 132 Å². The number of carbonyl (C=O) groups excluding carboxylic acids is 10. The fourth-order valence-corrected chi connectivity index (χ4v) is 13.9. The third-order valence-electron chi connectivity index (χ3n) is 20.1. The molecule has 8 aromatic rings. The average Bonchev–Trinajstić information content (AvgIpc) is 1.76. The predicted octanol–water partition coefficient (Wildman–Crippen LogP) is 4.30. The number of amides is 10. The Hall–Kier alpha value is -12.1. The molecule has 33 nitrogen and oxygen atoms in total. The van der Waals surface area contributed by atoms with E-state index in [1.54, 1.807) is 126 Å². The number of ether oxygens (including phenoxy) is 8. The van der Waals surface area contributed by atoms with Crippen LogP contribution in [0.1, 0.15) is 90.2 Å². The number of aryl methyl sites for hydroxylation is 3. The fraction of sp³-hybridized carbons (Fsp3) is 0.398. The van der Waals surface area contributed by atoms with Gasteiger partial charge in [-0.2, -0.15) is 0 Å². The number of rotatable bonds is 34. The zero-order chi connectivity index (χ0) is 84.3. The number of piperidine rings is 2. The predicted molar refractivity (Wildman–Crippen MR) is 426 cm³/mol. The van der Waals surface area contributed by atoms with E-state index in [0.717, 1.165) is 71.6 Å². The molecule has 0 bridgehead atoms. The van der Waals surface area contributed by atoms with Gasteiger partial charge < -0.3 is 62.6 Å². The zero-order valence-electron chi connectivity index (χ0n) is 67.0. The van der Waals surface area contributed by atoms with E-state index in [2.05, 4.69) is 20.6 Å².